The minimum atomic E-state index is -5.36. The van der Waals surface area contributed by atoms with E-state index >= 15 is 0 Å². The molecule has 24 nitrogen and oxygen atoms in total. The number of hydrogen-bond donors (Lipinski definition) is 3. The molecular formula is C39H21N3Na6O21S6. The van der Waals surface area contributed by atoms with E-state index in [0.717, 1.165) is 78.9 Å². The average molecular weight is 1200 g/mol. The number of fused-ring (bicyclic) bond motifs is 3. The molecule has 7 rings (SSSR count). The van der Waals surface area contributed by atoms with Gasteiger partial charge in [-0.25, -0.2) is 42.1 Å². The molecule has 0 saturated carbocycles. The minimum Gasteiger partial charge on any atom is -0.744 e. The Balaban J connectivity index is 0.00000469. The van der Waals surface area contributed by atoms with Crippen molar-refractivity contribution in [3.05, 3.63) is 126 Å². The quantitative estimate of drug-likeness (QED) is 0.0299. The second-order valence-electron chi connectivity index (χ2n) is 14.2. The molecule has 0 atom stereocenters. The molecule has 0 heterocycles. The molecule has 0 aliphatic heterocycles. The minimum absolute atomic E-state index is 0. The van der Waals surface area contributed by atoms with Crippen LogP contribution in [0.4, 0.5) is 17.1 Å². The first-order chi connectivity index (χ1) is 32.0. The summed E-state index contributed by atoms with van der Waals surface area (Å²) in [5, 5.41) is 19.5. The van der Waals surface area contributed by atoms with Crippen LogP contribution in [-0.4, -0.2) is 82.6 Å². The van der Waals surface area contributed by atoms with E-state index in [0.29, 0.717) is 12.1 Å². The van der Waals surface area contributed by atoms with Crippen LogP contribution in [0.15, 0.2) is 139 Å². The maximum Gasteiger partial charge on any atom is 1.00 e. The van der Waals surface area contributed by atoms with Gasteiger partial charge in [0.1, 0.15) is 50.6 Å². The number of carbonyl (C=O) groups is 3. The average Bonchev–Trinajstić information content (AvgIpc) is 3.25. The van der Waals surface area contributed by atoms with E-state index in [-0.39, 0.29) is 244 Å². The second-order valence-corrected chi connectivity index (χ2v) is 21.8. The fourth-order valence-electron chi connectivity index (χ4n) is 6.80. The van der Waals surface area contributed by atoms with Crippen LogP contribution in [0, 0.1) is 0 Å². The molecule has 75 heavy (non-hydrogen) atoms. The van der Waals surface area contributed by atoms with Crippen LogP contribution < -0.4 is 199 Å². The molecular weight excluding hydrogens is 1180 g/mol. The summed E-state index contributed by atoms with van der Waals surface area (Å²) in [6.07, 6.45) is 0. The molecule has 3 N–H and O–H groups in total. The largest absolute Gasteiger partial charge is 1.00 e. The number of carbonyl (C=O) groups excluding carboxylic acids is 3. The van der Waals surface area contributed by atoms with Gasteiger partial charge < -0.3 is 44.0 Å². The zero-order chi connectivity index (χ0) is 50.6. The summed E-state index contributed by atoms with van der Waals surface area (Å²) >= 11 is 0.251. The van der Waals surface area contributed by atoms with Gasteiger partial charge in [0.15, 0.2) is 0 Å². The first kappa shape index (κ1) is 72.5. The van der Waals surface area contributed by atoms with Crippen LogP contribution in [-0.2, 0) is 60.0 Å². The van der Waals surface area contributed by atoms with Crippen LogP contribution in [0.25, 0.3) is 32.3 Å². The predicted molar refractivity (Wildman–Crippen MR) is 230 cm³/mol. The van der Waals surface area contributed by atoms with Crippen molar-refractivity contribution in [1.29, 1.82) is 0 Å². The van der Waals surface area contributed by atoms with Crippen LogP contribution in [0.1, 0.15) is 31.1 Å². The topological polar surface area (TPSA) is 415 Å². The maximum atomic E-state index is 13.9. The molecule has 0 unspecified atom stereocenters. The van der Waals surface area contributed by atoms with Crippen molar-refractivity contribution in [2.24, 2.45) is 0 Å². The van der Waals surface area contributed by atoms with Crippen LogP contribution in [0.2, 0.25) is 0 Å². The van der Waals surface area contributed by atoms with Crippen LogP contribution >= 0.6 is 12.0 Å². The van der Waals surface area contributed by atoms with Gasteiger partial charge >= 0.3 is 177 Å². The van der Waals surface area contributed by atoms with Crippen molar-refractivity contribution in [1.82, 2.24) is 0 Å². The first-order valence-corrected chi connectivity index (χ1v) is 26.0. The number of benzene rings is 7. The van der Waals surface area contributed by atoms with Crippen molar-refractivity contribution >= 4 is 130 Å². The summed E-state index contributed by atoms with van der Waals surface area (Å²) in [6.45, 7) is 0. The molecule has 0 spiro atoms. The number of amides is 3. The number of nitrogens with one attached hydrogen (secondary N) is 3. The molecule has 0 bridgehead atoms. The molecule has 7 aromatic carbocycles. The Hall–Kier alpha value is -0.490. The van der Waals surface area contributed by atoms with Gasteiger partial charge in [-0.2, -0.15) is 4.33 Å². The van der Waals surface area contributed by atoms with Crippen LogP contribution in [0.3, 0.4) is 0 Å². The number of rotatable bonds is 14. The van der Waals surface area contributed by atoms with E-state index in [1.165, 1.54) is 18.2 Å². The van der Waals surface area contributed by atoms with Gasteiger partial charge in [0, 0.05) is 38.6 Å². The van der Waals surface area contributed by atoms with Crippen molar-refractivity contribution < 1.29 is 271 Å². The third-order valence-corrected chi connectivity index (χ3v) is 14.5. The Morgan fingerprint density at radius 1 is 0.387 bits per heavy atom. The fraction of sp³-hybridized carbons (Fsp3) is 0. The van der Waals surface area contributed by atoms with Gasteiger partial charge in [-0.3, -0.25) is 19.4 Å². The van der Waals surface area contributed by atoms with E-state index in [9.17, 15) is 84.5 Å². The molecule has 36 heteroatoms. The normalized spacial score (nSPS) is 11.5. The molecule has 360 valence electrons. The molecule has 0 radical (unpaired) electrons. The first-order valence-electron chi connectivity index (χ1n) is 18.2. The van der Waals surface area contributed by atoms with Gasteiger partial charge in [0.05, 0.1) is 36.5 Å². The Labute approximate surface area is 563 Å². The van der Waals surface area contributed by atoms with Gasteiger partial charge in [-0.05, 0) is 123 Å². The molecule has 0 aliphatic carbocycles. The van der Waals surface area contributed by atoms with Crippen molar-refractivity contribution in [2.45, 2.75) is 29.4 Å². The molecule has 7 aromatic rings. The molecule has 0 saturated heterocycles. The summed E-state index contributed by atoms with van der Waals surface area (Å²) in [4.78, 5) is 36.5. The Bertz CT molecular complexity index is 3810. The third kappa shape index (κ3) is 18.0. The second kappa shape index (κ2) is 28.5. The van der Waals surface area contributed by atoms with E-state index in [4.69, 9.17) is 0 Å². The summed E-state index contributed by atoms with van der Waals surface area (Å²) in [5.74, 6) is -3.25. The molecule has 0 fully saturated rings. The van der Waals surface area contributed by atoms with Crippen molar-refractivity contribution in [3.8, 4) is 0 Å². The predicted octanol–water partition coefficient (Wildman–Crippen LogP) is -15.3. The van der Waals surface area contributed by atoms with E-state index < -0.39 is 109 Å². The van der Waals surface area contributed by atoms with Gasteiger partial charge in [0.2, 0.25) is 0 Å². The monoisotopic (exact) mass is 1200 g/mol. The van der Waals surface area contributed by atoms with E-state index in [1.807, 2.05) is 0 Å². The molecule has 3 amide bonds. The maximum absolute atomic E-state index is 13.9. The standard InChI is InChI=1S/C39H27N3O21S6.6Na/c43-37(40-25-1-4-31-19(10-25)13-28(64-63-62-46)16-34(31)67(53,54)55)22-7-23(38(44)41-26-2-5-32-20(11-26)14-29(65(47,48)49)17-35(32)68(56,57)58)9-24(8-22)39(45)42-27-3-6-33-21(12-27)15-30(66(50,51)52)18-36(33)69(59,60)61;;;;;;/h1-18,46H,(H,40,43)(H,41,44)(H,42,45)(H,47,48,49)(H,50,51,52)(H,53,54,55)(H,56,57,58)(H,59,60,61);;;;;;/q;6*+1/p-6. The van der Waals surface area contributed by atoms with E-state index in [1.54, 1.807) is 0 Å². The summed E-state index contributed by atoms with van der Waals surface area (Å²) < 4.78 is 183. The van der Waals surface area contributed by atoms with Crippen LogP contribution in [0.5, 0.6) is 0 Å². The fourth-order valence-corrected chi connectivity index (χ4v) is 10.7. The Morgan fingerprint density at radius 2 is 0.680 bits per heavy atom. The number of hydrogen-bond acceptors (Lipinski definition) is 22. The zero-order valence-electron chi connectivity index (χ0n) is 39.4. The zero-order valence-corrected chi connectivity index (χ0v) is 56.3. The molecule has 0 aliphatic rings. The van der Waals surface area contributed by atoms with Gasteiger partial charge in [0.25, 0.3) is 17.7 Å². The number of anilines is 3. The van der Waals surface area contributed by atoms with Gasteiger partial charge in [-0.1, -0.05) is 18.2 Å². The smallest absolute Gasteiger partial charge is 0.744 e. The molecule has 0 aromatic heterocycles. The third-order valence-electron chi connectivity index (χ3n) is 9.70. The summed E-state index contributed by atoms with van der Waals surface area (Å²) in [7, 11) is -26.5. The van der Waals surface area contributed by atoms with E-state index in [2.05, 4.69) is 25.3 Å². The van der Waals surface area contributed by atoms with Crippen molar-refractivity contribution in [2.75, 3.05) is 16.0 Å². The van der Waals surface area contributed by atoms with Crippen molar-refractivity contribution in [3.63, 3.8) is 0 Å². The summed E-state index contributed by atoms with van der Waals surface area (Å²) in [5.41, 5.74) is -1.87. The van der Waals surface area contributed by atoms with Gasteiger partial charge in [-0.15, -0.1) is 0 Å². The SMILES string of the molecule is O=C(Nc1ccc2c(S(=O)(=O)[O-])cc(SOO[O-])cc2c1)c1cc(C(=O)Nc2ccc3c(S(=O)(=O)[O-])cc(S(=O)(=O)[O-])cc3c2)cc(C(=O)Nc2ccc3c(S(=O)(=O)[O-])cc(S(=O)(=O)[O-])cc3c2)c1.[Na+].[Na+].[Na+].[Na+].[Na+].[Na+]. The Morgan fingerprint density at radius 3 is 0.960 bits per heavy atom. The summed E-state index contributed by atoms with van der Waals surface area (Å²) in [6, 6.07) is 17.0. The Kier molecular flexibility index (Phi) is 27.5.